The van der Waals surface area contributed by atoms with Crippen LogP contribution >= 0.6 is 0 Å². The minimum Gasteiger partial charge on any atom is -0.380 e. The minimum absolute atomic E-state index is 0.0704. The average Bonchev–Trinajstić information content (AvgIpc) is 3.34. The zero-order chi connectivity index (χ0) is 26.9. The van der Waals surface area contributed by atoms with Crippen LogP contribution in [0.4, 0.5) is 0 Å². The fourth-order valence-corrected chi connectivity index (χ4v) is 8.90. The van der Waals surface area contributed by atoms with Crippen LogP contribution in [0.2, 0.25) is 0 Å². The third-order valence-electron chi connectivity index (χ3n) is 10.2. The van der Waals surface area contributed by atoms with Crippen LogP contribution in [-0.2, 0) is 19.4 Å². The van der Waals surface area contributed by atoms with Gasteiger partial charge in [-0.15, -0.1) is 0 Å². The summed E-state index contributed by atoms with van der Waals surface area (Å²) in [6, 6.07) is 0.987. The molecule has 11 heteroatoms. The third-order valence-corrected chi connectivity index (χ3v) is 11.8. The van der Waals surface area contributed by atoms with Crippen molar-refractivity contribution in [1.82, 2.24) is 31.9 Å². The summed E-state index contributed by atoms with van der Waals surface area (Å²) in [6.07, 6.45) is 9.87. The lowest BCUT2D eigenvalue weighted by molar-refractivity contribution is -0.124. The molecule has 2 saturated carbocycles. The topological polar surface area (TPSA) is 133 Å². The van der Waals surface area contributed by atoms with Gasteiger partial charge in [-0.25, -0.2) is 8.42 Å². The summed E-state index contributed by atoms with van der Waals surface area (Å²) in [7, 11) is -1.21. The van der Waals surface area contributed by atoms with Gasteiger partial charge in [-0.3, -0.25) is 20.7 Å². The second-order valence-corrected chi connectivity index (χ2v) is 15.1. The molecule has 3 saturated heterocycles. The molecular weight excluding hydrogens is 504 g/mol. The van der Waals surface area contributed by atoms with E-state index in [4.69, 9.17) is 4.74 Å². The number of fused-ring (bicyclic) bond motifs is 1. The van der Waals surface area contributed by atoms with E-state index in [1.165, 1.54) is 6.26 Å². The van der Waals surface area contributed by atoms with E-state index < -0.39 is 9.84 Å². The van der Waals surface area contributed by atoms with Crippen LogP contribution in [0.1, 0.15) is 64.7 Å². The number of ether oxygens (including phenoxy) is 1. The molecule has 0 aromatic rings. The Balaban J connectivity index is 1.10. The van der Waals surface area contributed by atoms with E-state index in [1.807, 2.05) is 0 Å². The number of hydrogen-bond acceptors (Lipinski definition) is 9. The Morgan fingerprint density at radius 3 is 2.53 bits per heavy atom. The molecule has 1 amide bonds. The Hall–Kier alpha value is -0.820. The number of hydrogen-bond donors (Lipinski definition) is 6. The van der Waals surface area contributed by atoms with Gasteiger partial charge < -0.3 is 20.7 Å². The van der Waals surface area contributed by atoms with Gasteiger partial charge in [0.15, 0.2) is 0 Å². The van der Waals surface area contributed by atoms with E-state index in [9.17, 15) is 13.2 Å². The molecule has 6 N–H and O–H groups in total. The van der Waals surface area contributed by atoms with Gasteiger partial charge in [-0.05, 0) is 88.6 Å². The molecule has 38 heavy (non-hydrogen) atoms. The summed E-state index contributed by atoms with van der Waals surface area (Å²) >= 11 is 0. The van der Waals surface area contributed by atoms with Crippen LogP contribution in [0.25, 0.3) is 0 Å². The summed E-state index contributed by atoms with van der Waals surface area (Å²) in [4.78, 5) is 13.2. The van der Waals surface area contributed by atoms with Crippen molar-refractivity contribution in [3.63, 3.8) is 0 Å². The maximum absolute atomic E-state index is 13.2. The number of rotatable bonds is 7. The number of amides is 1. The first kappa shape index (κ1) is 28.7. The highest BCUT2D eigenvalue weighted by Crippen LogP contribution is 2.36. The molecule has 11 unspecified atom stereocenters. The number of nitrogens with one attached hydrogen (secondary N) is 6. The molecule has 5 aliphatic rings. The van der Waals surface area contributed by atoms with Crippen LogP contribution in [0.15, 0.2) is 0 Å². The molecule has 218 valence electrons. The van der Waals surface area contributed by atoms with Crippen LogP contribution < -0.4 is 31.9 Å². The minimum atomic E-state index is -3.02. The zero-order valence-corrected chi connectivity index (χ0v) is 24.2. The highest BCUT2D eigenvalue weighted by Gasteiger charge is 2.43. The maximum Gasteiger partial charge on any atom is 0.237 e. The molecule has 11 atom stereocenters. The second-order valence-electron chi connectivity index (χ2n) is 12.8. The molecular formula is C27H50N6O4S. The van der Waals surface area contributed by atoms with Crippen molar-refractivity contribution >= 4 is 15.7 Å². The molecule has 0 bridgehead atoms. The highest BCUT2D eigenvalue weighted by atomic mass is 32.2. The largest absolute Gasteiger partial charge is 0.380 e. The van der Waals surface area contributed by atoms with Crippen LogP contribution in [0.3, 0.4) is 0 Å². The monoisotopic (exact) mass is 554 g/mol. The smallest absolute Gasteiger partial charge is 0.237 e. The number of piperidine rings is 1. The van der Waals surface area contributed by atoms with Gasteiger partial charge in [-0.2, -0.15) is 0 Å². The van der Waals surface area contributed by atoms with E-state index in [1.54, 1.807) is 7.11 Å². The number of carbonyl (C=O) groups excluding carboxylic acids is 1. The van der Waals surface area contributed by atoms with Crippen molar-refractivity contribution in [3.05, 3.63) is 0 Å². The fraction of sp³-hybridized carbons (Fsp3) is 0.963. The summed E-state index contributed by atoms with van der Waals surface area (Å²) in [6.45, 7) is 5.27. The molecule has 10 nitrogen and oxygen atoms in total. The summed E-state index contributed by atoms with van der Waals surface area (Å²) < 4.78 is 29.7. The van der Waals surface area contributed by atoms with E-state index >= 15 is 0 Å². The number of methoxy groups -OCH3 is 1. The van der Waals surface area contributed by atoms with Crippen molar-refractivity contribution in [2.24, 2.45) is 17.8 Å². The zero-order valence-electron chi connectivity index (χ0n) is 23.4. The lowest BCUT2D eigenvalue weighted by Gasteiger charge is -2.43. The van der Waals surface area contributed by atoms with E-state index in [0.717, 1.165) is 64.6 Å². The number of sulfone groups is 1. The molecule has 0 aromatic carbocycles. The van der Waals surface area contributed by atoms with Crippen LogP contribution in [0.5, 0.6) is 0 Å². The molecule has 5 rings (SSSR count). The Morgan fingerprint density at radius 2 is 1.74 bits per heavy atom. The Labute approximate surface area is 228 Å². The normalized spacial score (nSPS) is 44.3. The second kappa shape index (κ2) is 12.4. The molecule has 2 aliphatic carbocycles. The first-order chi connectivity index (χ1) is 18.2. The maximum atomic E-state index is 13.2. The summed E-state index contributed by atoms with van der Waals surface area (Å²) in [5.74, 6) is 1.46. The predicted octanol–water partition coefficient (Wildman–Crippen LogP) is 0.0528. The van der Waals surface area contributed by atoms with Crippen LogP contribution in [-0.4, -0.2) is 95.2 Å². The molecule has 0 radical (unpaired) electrons. The van der Waals surface area contributed by atoms with Crippen molar-refractivity contribution in [3.8, 4) is 0 Å². The van der Waals surface area contributed by atoms with Gasteiger partial charge in [0, 0.05) is 44.1 Å². The van der Waals surface area contributed by atoms with E-state index in [2.05, 4.69) is 38.8 Å². The van der Waals surface area contributed by atoms with Gasteiger partial charge >= 0.3 is 0 Å². The fourth-order valence-electron chi connectivity index (χ4n) is 7.74. The summed E-state index contributed by atoms with van der Waals surface area (Å²) in [5, 5.41) is 21.4. The van der Waals surface area contributed by atoms with Crippen molar-refractivity contribution in [2.75, 3.05) is 33.0 Å². The first-order valence-electron chi connectivity index (χ1n) is 14.9. The van der Waals surface area contributed by atoms with Crippen molar-refractivity contribution in [2.45, 2.75) is 113 Å². The SMILES string of the molecule is COC1CNCC(C2CCNC(NC3CC(NC(=O)C4CC5CC(S(C)(=O)=O)CCC5N4)CCC3C)N2)C1. The Morgan fingerprint density at radius 1 is 0.921 bits per heavy atom. The standard InChI is InChI=1S/C27H50N6O4S/c1-16-4-5-19(30-26(34)25-12-17-11-21(38(3,35)36)6-7-22(17)31-25)13-24(16)33-27-29-9-8-23(32-27)18-10-20(37-2)15-28-14-18/h16-25,27-29,31-33H,4-15H2,1-3H3,(H,30,34). The Kier molecular flexibility index (Phi) is 9.34. The van der Waals surface area contributed by atoms with E-state index in [-0.39, 0.29) is 41.5 Å². The van der Waals surface area contributed by atoms with Gasteiger partial charge in [0.2, 0.25) is 5.91 Å². The van der Waals surface area contributed by atoms with Crippen LogP contribution in [0, 0.1) is 17.8 Å². The molecule has 3 heterocycles. The lowest BCUT2D eigenvalue weighted by atomic mass is 9.82. The Bertz CT molecular complexity index is 921. The molecule has 3 aliphatic heterocycles. The van der Waals surface area contributed by atoms with E-state index in [0.29, 0.717) is 42.9 Å². The quantitative estimate of drug-likeness (QED) is 0.258. The molecule has 5 fully saturated rings. The van der Waals surface area contributed by atoms with Gasteiger partial charge in [0.25, 0.3) is 0 Å². The summed E-state index contributed by atoms with van der Waals surface area (Å²) in [5.41, 5.74) is 0. The molecule has 0 spiro atoms. The first-order valence-corrected chi connectivity index (χ1v) is 16.9. The lowest BCUT2D eigenvalue weighted by Crippen LogP contribution is -2.66. The van der Waals surface area contributed by atoms with Crippen molar-refractivity contribution in [1.29, 1.82) is 0 Å². The van der Waals surface area contributed by atoms with Gasteiger partial charge in [-0.1, -0.05) is 6.92 Å². The van der Waals surface area contributed by atoms with Crippen molar-refractivity contribution < 1.29 is 17.9 Å². The predicted molar refractivity (Wildman–Crippen MR) is 148 cm³/mol. The van der Waals surface area contributed by atoms with Gasteiger partial charge in [0.1, 0.15) is 16.1 Å². The third kappa shape index (κ3) is 6.90. The van der Waals surface area contributed by atoms with Gasteiger partial charge in [0.05, 0.1) is 17.4 Å². The average molecular weight is 555 g/mol. The number of carbonyl (C=O) groups is 1. The highest BCUT2D eigenvalue weighted by molar-refractivity contribution is 7.91. The molecule has 0 aromatic heterocycles.